The first kappa shape index (κ1) is 9.99. The molecule has 1 rings (SSSR count). The van der Waals surface area contributed by atoms with Crippen LogP contribution in [0.4, 0.5) is 10.1 Å². The van der Waals surface area contributed by atoms with Crippen molar-refractivity contribution in [3.05, 3.63) is 29.6 Å². The third-order valence-electron chi connectivity index (χ3n) is 1.64. The molecule has 72 valence electrons. The summed E-state index contributed by atoms with van der Waals surface area (Å²) < 4.78 is 18.1. The first-order chi connectivity index (χ1) is 6.09. The molecule has 13 heavy (non-hydrogen) atoms. The second-order valence-electron chi connectivity index (χ2n) is 3.22. The first-order valence-electron chi connectivity index (χ1n) is 4.25. The van der Waals surface area contributed by atoms with E-state index >= 15 is 0 Å². The highest BCUT2D eigenvalue weighted by atomic mass is 19.1. The molecule has 0 radical (unpaired) electrons. The number of anilines is 1. The van der Waals surface area contributed by atoms with Gasteiger partial charge in [-0.05, 0) is 31.5 Å². The molecule has 0 spiro atoms. The lowest BCUT2D eigenvalue weighted by Gasteiger charge is -2.07. The zero-order valence-corrected chi connectivity index (χ0v) is 7.88. The predicted molar refractivity (Wildman–Crippen MR) is 50.7 cm³/mol. The maximum Gasteiger partial charge on any atom is 0.146 e. The van der Waals surface area contributed by atoms with Crippen molar-refractivity contribution in [1.82, 2.24) is 0 Å². The van der Waals surface area contributed by atoms with Crippen molar-refractivity contribution in [3.8, 4) is 0 Å². The Kier molecular flexibility index (Phi) is 3.25. The van der Waals surface area contributed by atoms with Crippen LogP contribution in [0, 0.1) is 5.82 Å². The number of benzene rings is 1. The third kappa shape index (κ3) is 3.03. The van der Waals surface area contributed by atoms with Crippen molar-refractivity contribution >= 4 is 5.69 Å². The number of hydrogen-bond donors (Lipinski definition) is 1. The average molecular weight is 183 g/mol. The monoisotopic (exact) mass is 183 g/mol. The summed E-state index contributed by atoms with van der Waals surface area (Å²) in [6, 6.07) is 4.63. The predicted octanol–water partition coefficient (Wildman–Crippen LogP) is 2.33. The van der Waals surface area contributed by atoms with Gasteiger partial charge >= 0.3 is 0 Å². The van der Waals surface area contributed by atoms with Gasteiger partial charge in [-0.3, -0.25) is 0 Å². The van der Waals surface area contributed by atoms with Gasteiger partial charge in [0.2, 0.25) is 0 Å². The van der Waals surface area contributed by atoms with Gasteiger partial charge in [-0.2, -0.15) is 0 Å². The molecule has 0 aromatic heterocycles. The van der Waals surface area contributed by atoms with Crippen LogP contribution in [0.5, 0.6) is 0 Å². The molecule has 1 aromatic carbocycles. The molecule has 2 N–H and O–H groups in total. The average Bonchev–Trinajstić information content (AvgIpc) is 2.07. The highest BCUT2D eigenvalue weighted by Crippen LogP contribution is 2.13. The molecule has 3 heteroatoms. The standard InChI is InChI=1S/C10H14FNO/c1-7(2)13-6-8-3-4-9(11)10(12)5-8/h3-5,7H,6,12H2,1-2H3. The smallest absolute Gasteiger partial charge is 0.146 e. The van der Waals surface area contributed by atoms with E-state index in [0.717, 1.165) is 5.56 Å². The molecule has 0 heterocycles. The first-order valence-corrected chi connectivity index (χ1v) is 4.25. The molecule has 0 fully saturated rings. The van der Waals surface area contributed by atoms with Gasteiger partial charge < -0.3 is 10.5 Å². The van der Waals surface area contributed by atoms with E-state index in [1.54, 1.807) is 12.1 Å². The Balaban J connectivity index is 2.63. The van der Waals surface area contributed by atoms with Crippen molar-refractivity contribution in [1.29, 1.82) is 0 Å². The van der Waals surface area contributed by atoms with Crippen LogP contribution in [0.25, 0.3) is 0 Å². The van der Waals surface area contributed by atoms with Gasteiger partial charge in [-0.25, -0.2) is 4.39 Å². The topological polar surface area (TPSA) is 35.2 Å². The van der Waals surface area contributed by atoms with E-state index in [-0.39, 0.29) is 17.6 Å². The molecule has 0 saturated heterocycles. The van der Waals surface area contributed by atoms with Gasteiger partial charge in [0, 0.05) is 0 Å². The van der Waals surface area contributed by atoms with E-state index in [9.17, 15) is 4.39 Å². The number of halogens is 1. The molecular weight excluding hydrogens is 169 g/mol. The molecule has 0 aliphatic heterocycles. The molecule has 0 bridgehead atoms. The Morgan fingerprint density at radius 1 is 1.46 bits per heavy atom. The SMILES string of the molecule is CC(C)OCc1ccc(F)c(N)c1. The fourth-order valence-electron chi connectivity index (χ4n) is 0.946. The number of nitrogens with two attached hydrogens (primary N) is 1. The van der Waals surface area contributed by atoms with Gasteiger partial charge in [0.05, 0.1) is 18.4 Å². The fraction of sp³-hybridized carbons (Fsp3) is 0.400. The van der Waals surface area contributed by atoms with Gasteiger partial charge in [-0.15, -0.1) is 0 Å². The molecule has 0 unspecified atom stereocenters. The Morgan fingerprint density at radius 3 is 2.69 bits per heavy atom. The molecular formula is C10H14FNO. The zero-order valence-electron chi connectivity index (χ0n) is 7.88. The van der Waals surface area contributed by atoms with Crippen LogP contribution in [0.1, 0.15) is 19.4 Å². The highest BCUT2D eigenvalue weighted by Gasteiger charge is 2.00. The Hall–Kier alpha value is -1.09. The van der Waals surface area contributed by atoms with E-state index in [1.165, 1.54) is 6.07 Å². The summed E-state index contributed by atoms with van der Waals surface area (Å²) in [5.41, 5.74) is 6.46. The third-order valence-corrected chi connectivity index (χ3v) is 1.64. The van der Waals surface area contributed by atoms with Gasteiger partial charge in [-0.1, -0.05) is 6.07 Å². The van der Waals surface area contributed by atoms with Crippen LogP contribution >= 0.6 is 0 Å². The summed E-state index contributed by atoms with van der Waals surface area (Å²) in [5.74, 6) is -0.381. The van der Waals surface area contributed by atoms with E-state index in [1.807, 2.05) is 13.8 Å². The minimum Gasteiger partial charge on any atom is -0.396 e. The Bertz CT molecular complexity index is 286. The van der Waals surface area contributed by atoms with Crippen molar-refractivity contribution < 1.29 is 9.13 Å². The van der Waals surface area contributed by atoms with Crippen molar-refractivity contribution in [2.75, 3.05) is 5.73 Å². The lowest BCUT2D eigenvalue weighted by molar-refractivity contribution is 0.0657. The highest BCUT2D eigenvalue weighted by molar-refractivity contribution is 5.42. The minimum absolute atomic E-state index is 0.171. The normalized spacial score (nSPS) is 10.8. The molecule has 2 nitrogen and oxygen atoms in total. The van der Waals surface area contributed by atoms with Crippen LogP contribution in [-0.4, -0.2) is 6.10 Å². The van der Waals surface area contributed by atoms with Crippen molar-refractivity contribution in [2.45, 2.75) is 26.6 Å². The summed E-state index contributed by atoms with van der Waals surface area (Å²) in [4.78, 5) is 0. The molecule has 0 amide bonds. The van der Waals surface area contributed by atoms with E-state index < -0.39 is 0 Å². The molecule has 0 aliphatic carbocycles. The minimum atomic E-state index is -0.381. The summed E-state index contributed by atoms with van der Waals surface area (Å²) in [6.45, 7) is 4.38. The summed E-state index contributed by atoms with van der Waals surface area (Å²) >= 11 is 0. The number of nitrogen functional groups attached to an aromatic ring is 1. The maximum atomic E-state index is 12.7. The molecule has 1 aromatic rings. The van der Waals surface area contributed by atoms with Crippen LogP contribution in [-0.2, 0) is 11.3 Å². The summed E-state index contributed by atoms with van der Waals surface area (Å²) in [7, 11) is 0. The zero-order chi connectivity index (χ0) is 9.84. The van der Waals surface area contributed by atoms with Crippen LogP contribution in [0.3, 0.4) is 0 Å². The molecule has 0 atom stereocenters. The number of hydrogen-bond acceptors (Lipinski definition) is 2. The molecule has 0 aliphatic rings. The number of rotatable bonds is 3. The quantitative estimate of drug-likeness (QED) is 0.730. The second-order valence-corrected chi connectivity index (χ2v) is 3.22. The van der Waals surface area contributed by atoms with Crippen LogP contribution < -0.4 is 5.73 Å². The van der Waals surface area contributed by atoms with E-state index in [0.29, 0.717) is 6.61 Å². The van der Waals surface area contributed by atoms with E-state index in [4.69, 9.17) is 10.5 Å². The van der Waals surface area contributed by atoms with Crippen LogP contribution in [0.2, 0.25) is 0 Å². The Labute approximate surface area is 77.5 Å². The van der Waals surface area contributed by atoms with Gasteiger partial charge in [0.1, 0.15) is 5.82 Å². The number of ether oxygens (including phenoxy) is 1. The molecule has 0 saturated carbocycles. The van der Waals surface area contributed by atoms with Gasteiger partial charge in [0.25, 0.3) is 0 Å². The maximum absolute atomic E-state index is 12.7. The van der Waals surface area contributed by atoms with Gasteiger partial charge in [0.15, 0.2) is 0 Å². The lowest BCUT2D eigenvalue weighted by Crippen LogP contribution is -2.03. The van der Waals surface area contributed by atoms with Crippen molar-refractivity contribution in [2.24, 2.45) is 0 Å². The largest absolute Gasteiger partial charge is 0.396 e. The van der Waals surface area contributed by atoms with Crippen LogP contribution in [0.15, 0.2) is 18.2 Å². The Morgan fingerprint density at radius 2 is 2.15 bits per heavy atom. The fourth-order valence-corrected chi connectivity index (χ4v) is 0.946. The van der Waals surface area contributed by atoms with Crippen molar-refractivity contribution in [3.63, 3.8) is 0 Å². The van der Waals surface area contributed by atoms with E-state index in [2.05, 4.69) is 0 Å². The summed E-state index contributed by atoms with van der Waals surface area (Å²) in [6.07, 6.45) is 0.172. The summed E-state index contributed by atoms with van der Waals surface area (Å²) in [5, 5.41) is 0. The second kappa shape index (κ2) is 4.23. The lowest BCUT2D eigenvalue weighted by atomic mass is 10.2.